The van der Waals surface area contributed by atoms with Crippen molar-refractivity contribution in [1.29, 1.82) is 0 Å². The van der Waals surface area contributed by atoms with Crippen LogP contribution in [0.4, 0.5) is 5.95 Å². The first-order valence-corrected chi connectivity index (χ1v) is 11.7. The number of benzene rings is 1. The van der Waals surface area contributed by atoms with Crippen LogP contribution >= 0.6 is 0 Å². The number of aromatic nitrogens is 2. The average Bonchev–Trinajstić information content (AvgIpc) is 3.11. The molecule has 2 aromatic rings. The second-order valence-corrected chi connectivity index (χ2v) is 10.6. The van der Waals surface area contributed by atoms with Crippen molar-refractivity contribution in [2.24, 2.45) is 0 Å². The van der Waals surface area contributed by atoms with Crippen LogP contribution in [0.2, 0.25) is 0 Å². The minimum Gasteiger partial charge on any atom is -0.497 e. The van der Waals surface area contributed by atoms with Gasteiger partial charge in [0.1, 0.15) is 16.6 Å². The molecule has 0 unspecified atom stereocenters. The average molecular weight is 431 g/mol. The number of aryl methyl sites for hydroxylation is 1. The van der Waals surface area contributed by atoms with Gasteiger partial charge in [0.25, 0.3) is 0 Å². The predicted molar refractivity (Wildman–Crippen MR) is 112 cm³/mol. The van der Waals surface area contributed by atoms with E-state index in [9.17, 15) is 8.42 Å². The van der Waals surface area contributed by atoms with Gasteiger partial charge in [0.2, 0.25) is 16.0 Å². The highest BCUT2D eigenvalue weighted by Crippen LogP contribution is 2.46. The smallest absolute Gasteiger partial charge is 0.225 e. The lowest BCUT2D eigenvalue weighted by atomic mass is 9.99. The van der Waals surface area contributed by atoms with Crippen LogP contribution in [-0.4, -0.2) is 72.9 Å². The lowest BCUT2D eigenvalue weighted by Gasteiger charge is -2.39. The summed E-state index contributed by atoms with van der Waals surface area (Å²) >= 11 is 0. The van der Waals surface area contributed by atoms with Gasteiger partial charge >= 0.3 is 0 Å². The van der Waals surface area contributed by atoms with E-state index < -0.39 is 20.9 Å². The number of methoxy groups -OCH3 is 1. The first-order valence-electron chi connectivity index (χ1n) is 10.2. The first kappa shape index (κ1) is 19.7. The number of morpholine rings is 1. The predicted octanol–water partition coefficient (Wildman–Crippen LogP) is 1.40. The summed E-state index contributed by atoms with van der Waals surface area (Å²) < 4.78 is 39.8. The molecule has 1 aromatic carbocycles. The standard InChI is InChI=1S/C21H26N4O4S/c1-15-10-22-20(23-11-15)24-12-18-9-19-21(13-24,29-18)14-25(30(19,26)27)7-6-16-4-3-5-17(8-16)28-2/h3-5,8,10-11,18-19H,6-7,9,12-14H2,1-2H3/t18-,19-,21-/m1/s1. The highest BCUT2D eigenvalue weighted by molar-refractivity contribution is 7.90. The maximum absolute atomic E-state index is 13.3. The number of nitrogens with zero attached hydrogens (tertiary/aromatic N) is 4. The quantitative estimate of drug-likeness (QED) is 0.709. The Hall–Kier alpha value is -2.23. The fourth-order valence-electron chi connectivity index (χ4n) is 4.93. The number of ether oxygens (including phenoxy) is 2. The Morgan fingerprint density at radius 1 is 1.27 bits per heavy atom. The number of rotatable bonds is 5. The van der Waals surface area contributed by atoms with Crippen molar-refractivity contribution in [3.05, 3.63) is 47.8 Å². The van der Waals surface area contributed by atoms with Crippen LogP contribution in [0, 0.1) is 6.92 Å². The van der Waals surface area contributed by atoms with E-state index in [0.29, 0.717) is 45.0 Å². The molecule has 2 bridgehead atoms. The molecule has 0 N–H and O–H groups in total. The van der Waals surface area contributed by atoms with Crippen molar-refractivity contribution >= 4 is 16.0 Å². The number of fused-ring (bicyclic) bond motifs is 1. The molecule has 8 nitrogen and oxygen atoms in total. The van der Waals surface area contributed by atoms with Gasteiger partial charge in [0, 0.05) is 32.0 Å². The summed E-state index contributed by atoms with van der Waals surface area (Å²) in [7, 11) is -1.79. The van der Waals surface area contributed by atoms with Gasteiger partial charge in [-0.1, -0.05) is 12.1 Å². The monoisotopic (exact) mass is 430 g/mol. The third-order valence-electron chi connectivity index (χ3n) is 6.35. The molecule has 0 amide bonds. The van der Waals surface area contributed by atoms with Gasteiger partial charge < -0.3 is 14.4 Å². The van der Waals surface area contributed by atoms with Crippen LogP contribution in [0.1, 0.15) is 17.5 Å². The van der Waals surface area contributed by atoms with E-state index in [-0.39, 0.29) is 6.10 Å². The molecule has 1 spiro atoms. The zero-order valence-corrected chi connectivity index (χ0v) is 18.0. The summed E-state index contributed by atoms with van der Waals surface area (Å²) in [4.78, 5) is 11.0. The van der Waals surface area contributed by atoms with Crippen molar-refractivity contribution in [3.8, 4) is 5.75 Å². The Morgan fingerprint density at radius 2 is 2.07 bits per heavy atom. The van der Waals surface area contributed by atoms with Crippen molar-refractivity contribution in [3.63, 3.8) is 0 Å². The maximum atomic E-state index is 13.3. The molecule has 30 heavy (non-hydrogen) atoms. The highest BCUT2D eigenvalue weighted by atomic mass is 32.2. The molecule has 3 aliphatic heterocycles. The molecule has 1 aromatic heterocycles. The molecular weight excluding hydrogens is 404 g/mol. The Morgan fingerprint density at radius 3 is 2.83 bits per heavy atom. The molecule has 160 valence electrons. The van der Waals surface area contributed by atoms with Gasteiger partial charge in [-0.3, -0.25) is 0 Å². The first-order chi connectivity index (χ1) is 14.4. The molecule has 0 saturated carbocycles. The van der Waals surface area contributed by atoms with Crippen LogP contribution in [0.25, 0.3) is 0 Å². The van der Waals surface area contributed by atoms with Gasteiger partial charge in [-0.25, -0.2) is 18.4 Å². The van der Waals surface area contributed by atoms with Crippen LogP contribution in [0.3, 0.4) is 0 Å². The van der Waals surface area contributed by atoms with E-state index in [1.807, 2.05) is 31.2 Å². The fraction of sp³-hybridized carbons (Fsp3) is 0.524. The second kappa shape index (κ2) is 7.18. The van der Waals surface area contributed by atoms with Crippen LogP contribution < -0.4 is 9.64 Å². The summed E-state index contributed by atoms with van der Waals surface area (Å²) in [5.41, 5.74) is 1.33. The molecule has 4 heterocycles. The second-order valence-electron chi connectivity index (χ2n) is 8.45. The van der Waals surface area contributed by atoms with Gasteiger partial charge in [-0.05, 0) is 43.0 Å². The number of anilines is 1. The summed E-state index contributed by atoms with van der Waals surface area (Å²) in [5, 5.41) is -0.504. The van der Waals surface area contributed by atoms with Crippen LogP contribution in [0.15, 0.2) is 36.7 Å². The van der Waals surface area contributed by atoms with Gasteiger partial charge in [-0.2, -0.15) is 4.31 Å². The molecule has 0 radical (unpaired) electrons. The Balaban J connectivity index is 1.35. The number of hydrogen-bond donors (Lipinski definition) is 0. The van der Waals surface area contributed by atoms with Gasteiger partial charge in [0.15, 0.2) is 0 Å². The van der Waals surface area contributed by atoms with E-state index in [2.05, 4.69) is 14.9 Å². The Kier molecular flexibility index (Phi) is 4.72. The molecule has 9 heteroatoms. The van der Waals surface area contributed by atoms with Crippen molar-refractivity contribution < 1.29 is 17.9 Å². The molecule has 3 fully saturated rings. The summed E-state index contributed by atoms with van der Waals surface area (Å²) in [5.74, 6) is 1.42. The number of hydrogen-bond acceptors (Lipinski definition) is 7. The lowest BCUT2D eigenvalue weighted by Crippen LogP contribution is -2.55. The van der Waals surface area contributed by atoms with Gasteiger partial charge in [-0.15, -0.1) is 0 Å². The third kappa shape index (κ3) is 3.25. The van der Waals surface area contributed by atoms with Crippen LogP contribution in [-0.2, 0) is 21.2 Å². The SMILES string of the molecule is COc1cccc(CCN2C[C@]34CN(c5ncc(C)cn5)C[C@@H](C[C@H]3S2(=O)=O)O4)c1. The van der Waals surface area contributed by atoms with E-state index in [1.165, 1.54) is 0 Å². The normalized spacial score (nSPS) is 29.7. The zero-order valence-electron chi connectivity index (χ0n) is 17.2. The summed E-state index contributed by atoms with van der Waals surface area (Å²) in [6.07, 6.45) is 4.64. The molecular formula is C21H26N4O4S. The molecule has 3 saturated heterocycles. The maximum Gasteiger partial charge on any atom is 0.225 e. The van der Waals surface area contributed by atoms with E-state index in [1.54, 1.807) is 23.8 Å². The minimum absolute atomic E-state index is 0.107. The van der Waals surface area contributed by atoms with Crippen LogP contribution in [0.5, 0.6) is 5.75 Å². The topological polar surface area (TPSA) is 84.9 Å². The molecule has 5 rings (SSSR count). The minimum atomic E-state index is -3.42. The van der Waals surface area contributed by atoms with Crippen molar-refractivity contribution in [1.82, 2.24) is 14.3 Å². The number of sulfonamides is 1. The van der Waals surface area contributed by atoms with Gasteiger partial charge in [0.05, 0.1) is 19.8 Å². The summed E-state index contributed by atoms with van der Waals surface area (Å²) in [6.45, 7) is 3.88. The van der Waals surface area contributed by atoms with E-state index in [4.69, 9.17) is 9.47 Å². The van der Waals surface area contributed by atoms with E-state index >= 15 is 0 Å². The Labute approximate surface area is 176 Å². The van der Waals surface area contributed by atoms with E-state index in [0.717, 1.165) is 16.9 Å². The van der Waals surface area contributed by atoms with Crippen molar-refractivity contribution in [2.75, 3.05) is 38.2 Å². The molecule has 3 atom stereocenters. The largest absolute Gasteiger partial charge is 0.497 e. The zero-order chi connectivity index (χ0) is 20.9. The molecule has 0 aliphatic carbocycles. The lowest BCUT2D eigenvalue weighted by molar-refractivity contribution is -0.0529. The summed E-state index contributed by atoms with van der Waals surface area (Å²) in [6, 6.07) is 7.75. The highest BCUT2D eigenvalue weighted by Gasteiger charge is 2.65. The third-order valence-corrected chi connectivity index (χ3v) is 8.72. The molecule has 3 aliphatic rings. The Bertz CT molecular complexity index is 1050. The van der Waals surface area contributed by atoms with Crippen molar-refractivity contribution in [2.45, 2.75) is 36.7 Å². The fourth-order valence-corrected chi connectivity index (χ4v) is 7.24.